The van der Waals surface area contributed by atoms with Crippen LogP contribution in [0.2, 0.25) is 0 Å². The van der Waals surface area contributed by atoms with Crippen LogP contribution >= 0.6 is 0 Å². The van der Waals surface area contributed by atoms with Crippen LogP contribution in [0.25, 0.3) is 26.7 Å². The highest BCUT2D eigenvalue weighted by Crippen LogP contribution is 2.59. The summed E-state index contributed by atoms with van der Waals surface area (Å²) in [4.78, 5) is 3.62. The van der Waals surface area contributed by atoms with E-state index in [0.717, 1.165) is 77.8 Å². The maximum atomic E-state index is 11.0. The molecule has 4 heteroatoms. The molecule has 0 bridgehead atoms. The van der Waals surface area contributed by atoms with E-state index in [9.17, 15) is 5.11 Å². The fourth-order valence-corrected chi connectivity index (χ4v) is 6.29. The van der Waals surface area contributed by atoms with Crippen LogP contribution < -0.4 is 11.5 Å². The summed E-state index contributed by atoms with van der Waals surface area (Å²) < 4.78 is 0. The lowest BCUT2D eigenvalue weighted by molar-refractivity contribution is 0.477. The molecule has 0 saturated heterocycles. The van der Waals surface area contributed by atoms with Crippen LogP contribution in [0.4, 0.5) is 17.1 Å². The Kier molecular flexibility index (Phi) is 5.06. The smallest absolute Gasteiger partial charge is 0.228 e. The van der Waals surface area contributed by atoms with E-state index < -0.39 is 5.41 Å². The van der Waals surface area contributed by atoms with Crippen molar-refractivity contribution in [3.8, 4) is 16.9 Å². The second-order valence-electron chi connectivity index (χ2n) is 10.5. The Hall–Kier alpha value is -4.75. The van der Waals surface area contributed by atoms with Gasteiger partial charge in [0.15, 0.2) is 0 Å². The quantitative estimate of drug-likeness (QED) is 0.169. The molecule has 0 amide bonds. The molecule has 4 nitrogen and oxygen atoms in total. The minimum absolute atomic E-state index is 0.0201. The highest BCUT2D eigenvalue weighted by atomic mass is 16.3. The molecule has 0 fully saturated rings. The maximum Gasteiger partial charge on any atom is 0.228 e. The zero-order valence-corrected chi connectivity index (χ0v) is 22.0. The van der Waals surface area contributed by atoms with Crippen molar-refractivity contribution in [2.45, 2.75) is 33.1 Å². The molecular weight excluding hydrogens is 466 g/mol. The summed E-state index contributed by atoms with van der Waals surface area (Å²) in [5, 5.41) is 13.3. The highest BCUT2D eigenvalue weighted by Gasteiger charge is 2.47. The number of anilines is 2. The lowest BCUT2D eigenvalue weighted by Gasteiger charge is -2.35. The maximum absolute atomic E-state index is 11.0. The van der Waals surface area contributed by atoms with Crippen LogP contribution in [-0.4, -0.2) is 5.11 Å². The van der Waals surface area contributed by atoms with Crippen LogP contribution in [0.5, 0.6) is 5.75 Å². The summed E-state index contributed by atoms with van der Waals surface area (Å²) in [6.45, 7) is 15.8. The molecule has 186 valence electrons. The summed E-state index contributed by atoms with van der Waals surface area (Å²) in [5.74, 6) is -0.0201. The number of benzene rings is 5. The molecule has 0 radical (unpaired) electrons. The zero-order valence-electron chi connectivity index (χ0n) is 22.0. The molecule has 0 aromatic heterocycles. The third kappa shape index (κ3) is 3.09. The van der Waals surface area contributed by atoms with Gasteiger partial charge < -0.3 is 16.6 Å². The highest BCUT2D eigenvalue weighted by molar-refractivity contribution is 5.97. The molecule has 1 aliphatic carbocycles. The van der Waals surface area contributed by atoms with Gasteiger partial charge in [-0.3, -0.25) is 0 Å². The van der Waals surface area contributed by atoms with Crippen LogP contribution in [0.15, 0.2) is 72.8 Å². The minimum Gasteiger partial charge on any atom is -0.519 e. The predicted molar refractivity (Wildman–Crippen MR) is 157 cm³/mol. The van der Waals surface area contributed by atoms with Gasteiger partial charge in [-0.2, -0.15) is 0 Å². The molecule has 0 saturated carbocycles. The number of hydrogen-bond acceptors (Lipinski definition) is 3. The summed E-state index contributed by atoms with van der Waals surface area (Å²) in [6.07, 6.45) is 0. The van der Waals surface area contributed by atoms with E-state index in [1.54, 1.807) is 6.07 Å². The Balaban J connectivity index is 1.88. The number of nitrogens with two attached hydrogens (primary N) is 2. The van der Waals surface area contributed by atoms with Gasteiger partial charge in [0, 0.05) is 11.4 Å². The van der Waals surface area contributed by atoms with Gasteiger partial charge in [-0.1, -0.05) is 48.5 Å². The van der Waals surface area contributed by atoms with E-state index in [0.29, 0.717) is 0 Å². The van der Waals surface area contributed by atoms with E-state index >= 15 is 0 Å². The number of aromatic hydroxyl groups is 1. The third-order valence-corrected chi connectivity index (χ3v) is 8.27. The third-order valence-electron chi connectivity index (χ3n) is 8.27. The molecule has 6 rings (SSSR count). The van der Waals surface area contributed by atoms with Crippen molar-refractivity contribution in [1.29, 1.82) is 0 Å². The SMILES string of the molecule is [C-]#[N+]c1cc2c(cc1O)C(c1cc(C)c(N)c(C)c1)(c1cc(C)c(N)c(C)c1)c1cc3ccccc3cc1-2. The van der Waals surface area contributed by atoms with Crippen molar-refractivity contribution in [2.75, 3.05) is 11.5 Å². The summed E-state index contributed by atoms with van der Waals surface area (Å²) in [5.41, 5.74) is 24.1. The van der Waals surface area contributed by atoms with Gasteiger partial charge in [0.1, 0.15) is 5.75 Å². The van der Waals surface area contributed by atoms with Gasteiger partial charge in [-0.05, 0) is 118 Å². The topological polar surface area (TPSA) is 76.6 Å². The molecule has 38 heavy (non-hydrogen) atoms. The second-order valence-corrected chi connectivity index (χ2v) is 10.5. The van der Waals surface area contributed by atoms with Gasteiger partial charge in [0.05, 0.1) is 12.0 Å². The fraction of sp³-hybridized carbons (Fsp3) is 0.147. The lowest BCUT2D eigenvalue weighted by atomic mass is 9.66. The van der Waals surface area contributed by atoms with Crippen LogP contribution in [0.3, 0.4) is 0 Å². The van der Waals surface area contributed by atoms with Gasteiger partial charge in [0.2, 0.25) is 5.69 Å². The number of phenols is 1. The average molecular weight is 496 g/mol. The Labute approximate surface area is 223 Å². The molecule has 0 spiro atoms. The molecule has 5 N–H and O–H groups in total. The number of hydrogen-bond donors (Lipinski definition) is 3. The van der Waals surface area contributed by atoms with Gasteiger partial charge in [-0.15, -0.1) is 0 Å². The number of nitrogens with zero attached hydrogens (tertiary/aromatic N) is 1. The number of phenolic OH excluding ortho intramolecular Hbond substituents is 1. The largest absolute Gasteiger partial charge is 0.519 e. The zero-order chi connectivity index (χ0) is 26.9. The lowest BCUT2D eigenvalue weighted by Crippen LogP contribution is -2.29. The van der Waals surface area contributed by atoms with Crippen LogP contribution in [0.1, 0.15) is 44.5 Å². The first-order valence-corrected chi connectivity index (χ1v) is 12.7. The number of aryl methyl sites for hydroxylation is 4. The van der Waals surface area contributed by atoms with Gasteiger partial charge in [-0.25, -0.2) is 4.85 Å². The van der Waals surface area contributed by atoms with Crippen molar-refractivity contribution >= 4 is 27.8 Å². The van der Waals surface area contributed by atoms with E-state index in [1.165, 1.54) is 0 Å². The monoisotopic (exact) mass is 495 g/mol. The van der Waals surface area contributed by atoms with E-state index in [4.69, 9.17) is 18.0 Å². The molecule has 5 aromatic rings. The van der Waals surface area contributed by atoms with Crippen LogP contribution in [-0.2, 0) is 5.41 Å². The molecule has 0 atom stereocenters. The van der Waals surface area contributed by atoms with Crippen LogP contribution in [0, 0.1) is 34.3 Å². The van der Waals surface area contributed by atoms with Crippen molar-refractivity contribution in [3.05, 3.63) is 129 Å². The number of fused-ring (bicyclic) bond motifs is 4. The molecule has 1 aliphatic rings. The summed E-state index contributed by atoms with van der Waals surface area (Å²) in [7, 11) is 0. The Morgan fingerprint density at radius 3 is 1.61 bits per heavy atom. The Morgan fingerprint density at radius 1 is 0.658 bits per heavy atom. The first kappa shape index (κ1) is 23.6. The average Bonchev–Trinajstić information content (AvgIpc) is 3.16. The molecule has 5 aromatic carbocycles. The standard InChI is InChI=1S/C34H29N3O/c1-18-10-24(11-19(2)32(18)35)34(25-12-20(3)33(36)21(4)13-25)28-15-23-9-7-6-8-22(23)14-26(28)27-16-30(37-5)31(38)17-29(27)34/h6-17,38H,35-36H2,1-4H3. The van der Waals surface area contributed by atoms with Crippen molar-refractivity contribution in [2.24, 2.45) is 0 Å². The van der Waals surface area contributed by atoms with E-state index in [2.05, 4.69) is 59.4 Å². The van der Waals surface area contributed by atoms with E-state index in [1.807, 2.05) is 39.8 Å². The summed E-state index contributed by atoms with van der Waals surface area (Å²) >= 11 is 0. The Bertz CT molecular complexity index is 1760. The van der Waals surface area contributed by atoms with Crippen molar-refractivity contribution in [1.82, 2.24) is 0 Å². The minimum atomic E-state index is -0.751. The molecule has 0 aliphatic heterocycles. The number of nitrogen functional groups attached to an aromatic ring is 2. The molecule has 0 unspecified atom stereocenters. The number of rotatable bonds is 2. The van der Waals surface area contributed by atoms with Gasteiger partial charge in [0.25, 0.3) is 0 Å². The summed E-state index contributed by atoms with van der Waals surface area (Å²) in [6, 6.07) is 25.1. The molecule has 0 heterocycles. The fourth-order valence-electron chi connectivity index (χ4n) is 6.29. The van der Waals surface area contributed by atoms with Crippen molar-refractivity contribution in [3.63, 3.8) is 0 Å². The first-order valence-electron chi connectivity index (χ1n) is 12.7. The predicted octanol–water partition coefficient (Wildman–Crippen LogP) is 7.86. The second kappa shape index (κ2) is 8.13. The first-order chi connectivity index (χ1) is 18.2. The normalized spacial score (nSPS) is 13.2. The Morgan fingerprint density at radius 2 is 1.11 bits per heavy atom. The van der Waals surface area contributed by atoms with Crippen molar-refractivity contribution < 1.29 is 5.11 Å². The van der Waals surface area contributed by atoms with E-state index in [-0.39, 0.29) is 11.4 Å². The molecular formula is C34H29N3O. The van der Waals surface area contributed by atoms with Gasteiger partial charge >= 0.3 is 0 Å².